The number of anilines is 1. The van der Waals surface area contributed by atoms with Crippen molar-refractivity contribution in [1.29, 1.82) is 0 Å². The third kappa shape index (κ3) is 4.24. The molecule has 4 heteroatoms. The average Bonchev–Trinajstić information content (AvgIpc) is 2.52. The predicted molar refractivity (Wildman–Crippen MR) is 83.0 cm³/mol. The van der Waals surface area contributed by atoms with Gasteiger partial charge >= 0.3 is 5.97 Å². The third-order valence-electron chi connectivity index (χ3n) is 3.06. The number of benzene rings is 2. The lowest BCUT2D eigenvalue weighted by Gasteiger charge is -2.12. The fraction of sp³-hybridized carbons (Fsp3) is 0.235. The molecular formula is C17H19NO3. The van der Waals surface area contributed by atoms with Gasteiger partial charge in [-0.1, -0.05) is 31.2 Å². The number of carboxylic acids is 1. The molecule has 0 aliphatic rings. The fourth-order valence-corrected chi connectivity index (χ4v) is 1.96. The molecule has 0 bridgehead atoms. The van der Waals surface area contributed by atoms with E-state index < -0.39 is 5.97 Å². The number of hydrogen-bond donors (Lipinski definition) is 2. The van der Waals surface area contributed by atoms with Gasteiger partial charge in [0.1, 0.15) is 12.4 Å². The Balaban J connectivity index is 2.06. The zero-order valence-corrected chi connectivity index (χ0v) is 12.0. The van der Waals surface area contributed by atoms with E-state index in [2.05, 4.69) is 12.2 Å². The van der Waals surface area contributed by atoms with Crippen LogP contribution >= 0.6 is 0 Å². The fourth-order valence-electron chi connectivity index (χ4n) is 1.96. The van der Waals surface area contributed by atoms with Crippen molar-refractivity contribution >= 4 is 11.7 Å². The molecule has 4 nitrogen and oxygen atoms in total. The van der Waals surface area contributed by atoms with E-state index in [1.807, 2.05) is 24.3 Å². The molecule has 0 radical (unpaired) electrons. The van der Waals surface area contributed by atoms with Crippen molar-refractivity contribution in [2.24, 2.45) is 0 Å². The number of ether oxygens (including phenoxy) is 1. The molecule has 2 rings (SSSR count). The number of rotatable bonds is 7. The zero-order chi connectivity index (χ0) is 15.1. The van der Waals surface area contributed by atoms with E-state index in [-0.39, 0.29) is 5.56 Å². The smallest absolute Gasteiger partial charge is 0.335 e. The van der Waals surface area contributed by atoms with Gasteiger partial charge in [0.25, 0.3) is 0 Å². The summed E-state index contributed by atoms with van der Waals surface area (Å²) in [6.07, 6.45) is 1.05. The Morgan fingerprint density at radius 3 is 2.76 bits per heavy atom. The average molecular weight is 285 g/mol. The van der Waals surface area contributed by atoms with Gasteiger partial charge in [0.2, 0.25) is 0 Å². The van der Waals surface area contributed by atoms with Gasteiger partial charge in [-0.3, -0.25) is 0 Å². The van der Waals surface area contributed by atoms with Crippen LogP contribution in [-0.2, 0) is 6.61 Å². The van der Waals surface area contributed by atoms with Crippen molar-refractivity contribution in [1.82, 2.24) is 0 Å². The van der Waals surface area contributed by atoms with E-state index in [0.29, 0.717) is 12.4 Å². The summed E-state index contributed by atoms with van der Waals surface area (Å²) in [6.45, 7) is 3.42. The maximum absolute atomic E-state index is 10.9. The van der Waals surface area contributed by atoms with E-state index >= 15 is 0 Å². The summed E-state index contributed by atoms with van der Waals surface area (Å²) < 4.78 is 5.70. The third-order valence-corrected chi connectivity index (χ3v) is 3.06. The Labute approximate surface area is 124 Å². The van der Waals surface area contributed by atoms with Crippen molar-refractivity contribution < 1.29 is 14.6 Å². The highest BCUT2D eigenvalue weighted by atomic mass is 16.5. The van der Waals surface area contributed by atoms with Crippen LogP contribution in [0, 0.1) is 0 Å². The van der Waals surface area contributed by atoms with E-state index in [1.165, 1.54) is 6.07 Å². The second kappa shape index (κ2) is 7.33. The molecule has 0 saturated carbocycles. The molecule has 0 aliphatic heterocycles. The minimum absolute atomic E-state index is 0.227. The Morgan fingerprint density at radius 1 is 1.19 bits per heavy atom. The Morgan fingerprint density at radius 2 is 2.00 bits per heavy atom. The SMILES string of the molecule is CCCNc1ccccc1COc1cccc(C(=O)O)c1. The van der Waals surface area contributed by atoms with Crippen LogP contribution in [0.2, 0.25) is 0 Å². The van der Waals surface area contributed by atoms with Gasteiger partial charge in [-0.2, -0.15) is 0 Å². The van der Waals surface area contributed by atoms with Crippen LogP contribution in [0.5, 0.6) is 5.75 Å². The number of hydrogen-bond acceptors (Lipinski definition) is 3. The predicted octanol–water partition coefficient (Wildman–Crippen LogP) is 3.79. The molecular weight excluding hydrogens is 266 g/mol. The molecule has 2 aromatic rings. The van der Waals surface area contributed by atoms with Crippen molar-refractivity contribution in [3.63, 3.8) is 0 Å². The number of carbonyl (C=O) groups is 1. The van der Waals surface area contributed by atoms with Crippen LogP contribution in [0.15, 0.2) is 48.5 Å². The quantitative estimate of drug-likeness (QED) is 0.812. The molecule has 0 aliphatic carbocycles. The molecule has 0 unspecified atom stereocenters. The van der Waals surface area contributed by atoms with Gasteiger partial charge < -0.3 is 15.2 Å². The maximum Gasteiger partial charge on any atom is 0.335 e. The molecule has 110 valence electrons. The van der Waals surface area contributed by atoms with Gasteiger partial charge in [0.15, 0.2) is 0 Å². The van der Waals surface area contributed by atoms with Crippen molar-refractivity contribution in [3.05, 3.63) is 59.7 Å². The van der Waals surface area contributed by atoms with Crippen LogP contribution in [0.1, 0.15) is 29.3 Å². The lowest BCUT2D eigenvalue weighted by Crippen LogP contribution is -2.05. The second-order valence-electron chi connectivity index (χ2n) is 4.71. The van der Waals surface area contributed by atoms with Gasteiger partial charge in [0.05, 0.1) is 5.56 Å². The van der Waals surface area contributed by atoms with Crippen LogP contribution in [0.4, 0.5) is 5.69 Å². The molecule has 0 spiro atoms. The molecule has 0 amide bonds. The minimum Gasteiger partial charge on any atom is -0.489 e. The number of nitrogens with one attached hydrogen (secondary N) is 1. The Hall–Kier alpha value is -2.49. The van der Waals surface area contributed by atoms with Crippen LogP contribution in [0.3, 0.4) is 0 Å². The van der Waals surface area contributed by atoms with Gasteiger partial charge in [0, 0.05) is 17.8 Å². The molecule has 2 aromatic carbocycles. The summed E-state index contributed by atoms with van der Waals surface area (Å²) in [4.78, 5) is 10.9. The largest absolute Gasteiger partial charge is 0.489 e. The minimum atomic E-state index is -0.953. The first-order valence-corrected chi connectivity index (χ1v) is 6.98. The number of para-hydroxylation sites is 1. The summed E-state index contributed by atoms with van der Waals surface area (Å²) in [5.74, 6) is -0.398. The van der Waals surface area contributed by atoms with Gasteiger partial charge in [-0.25, -0.2) is 4.79 Å². The van der Waals surface area contributed by atoms with Crippen molar-refractivity contribution in [2.75, 3.05) is 11.9 Å². The van der Waals surface area contributed by atoms with E-state index in [9.17, 15) is 4.79 Å². The molecule has 21 heavy (non-hydrogen) atoms. The van der Waals surface area contributed by atoms with E-state index in [0.717, 1.165) is 24.2 Å². The highest BCUT2D eigenvalue weighted by Gasteiger charge is 2.05. The highest BCUT2D eigenvalue weighted by molar-refractivity contribution is 5.88. The van der Waals surface area contributed by atoms with E-state index in [1.54, 1.807) is 18.2 Å². The van der Waals surface area contributed by atoms with Crippen LogP contribution in [0.25, 0.3) is 0 Å². The molecule has 2 N–H and O–H groups in total. The molecule has 0 heterocycles. The lowest BCUT2D eigenvalue weighted by atomic mass is 10.2. The Kier molecular flexibility index (Phi) is 5.21. The first-order chi connectivity index (χ1) is 10.2. The molecule has 0 fully saturated rings. The summed E-state index contributed by atoms with van der Waals surface area (Å²) >= 11 is 0. The first kappa shape index (κ1) is 14.9. The highest BCUT2D eigenvalue weighted by Crippen LogP contribution is 2.19. The summed E-state index contributed by atoms with van der Waals surface area (Å²) in [5.41, 5.74) is 2.32. The van der Waals surface area contributed by atoms with Gasteiger partial charge in [-0.05, 0) is 30.7 Å². The number of aromatic carboxylic acids is 1. The number of carboxylic acid groups (broad SMARTS) is 1. The topological polar surface area (TPSA) is 58.6 Å². The molecule has 0 aromatic heterocycles. The maximum atomic E-state index is 10.9. The molecule has 0 atom stereocenters. The normalized spacial score (nSPS) is 10.1. The van der Waals surface area contributed by atoms with E-state index in [4.69, 9.17) is 9.84 Å². The lowest BCUT2D eigenvalue weighted by molar-refractivity contribution is 0.0696. The zero-order valence-electron chi connectivity index (χ0n) is 12.0. The van der Waals surface area contributed by atoms with Crippen molar-refractivity contribution in [2.45, 2.75) is 20.0 Å². The van der Waals surface area contributed by atoms with Crippen LogP contribution in [-0.4, -0.2) is 17.6 Å². The second-order valence-corrected chi connectivity index (χ2v) is 4.71. The first-order valence-electron chi connectivity index (χ1n) is 6.98. The summed E-state index contributed by atoms with van der Waals surface area (Å²) in [7, 11) is 0. The Bertz CT molecular complexity index is 610. The monoisotopic (exact) mass is 285 g/mol. The summed E-state index contributed by atoms with van der Waals surface area (Å²) in [6, 6.07) is 14.5. The standard InChI is InChI=1S/C17H19NO3/c1-2-10-18-16-9-4-3-6-14(16)12-21-15-8-5-7-13(11-15)17(19)20/h3-9,11,18H,2,10,12H2,1H3,(H,19,20). The van der Waals surface area contributed by atoms with Crippen LogP contribution < -0.4 is 10.1 Å². The van der Waals surface area contributed by atoms with Crippen molar-refractivity contribution in [3.8, 4) is 5.75 Å². The molecule has 0 saturated heterocycles. The van der Waals surface area contributed by atoms with Gasteiger partial charge in [-0.15, -0.1) is 0 Å². The summed E-state index contributed by atoms with van der Waals surface area (Å²) in [5, 5.41) is 12.3.